The first-order chi connectivity index (χ1) is 7.25. The van der Waals surface area contributed by atoms with Gasteiger partial charge in [-0.15, -0.1) is 23.1 Å². The number of hydrogen-bond acceptors (Lipinski definition) is 4. The highest BCUT2D eigenvalue weighted by Gasteiger charge is 2.03. The first-order valence-electron chi connectivity index (χ1n) is 4.32. The average molecular weight is 257 g/mol. The van der Waals surface area contributed by atoms with Crippen LogP contribution in [0.2, 0.25) is 5.02 Å². The molecule has 1 aromatic carbocycles. The van der Waals surface area contributed by atoms with Gasteiger partial charge in [0, 0.05) is 22.2 Å². The summed E-state index contributed by atoms with van der Waals surface area (Å²) in [7, 11) is 0. The normalized spacial score (nSPS) is 10.5. The molecule has 1 heterocycles. The number of halogens is 1. The molecule has 0 saturated carbocycles. The largest absolute Gasteiger partial charge is 0.399 e. The maximum atomic E-state index is 6.05. The molecule has 2 aromatic rings. The number of anilines is 1. The van der Waals surface area contributed by atoms with Crippen LogP contribution in [-0.2, 0) is 5.75 Å². The fourth-order valence-electron chi connectivity index (χ4n) is 1.10. The van der Waals surface area contributed by atoms with Crippen molar-refractivity contribution >= 4 is 40.4 Å². The van der Waals surface area contributed by atoms with E-state index >= 15 is 0 Å². The van der Waals surface area contributed by atoms with Gasteiger partial charge in [-0.2, -0.15) is 0 Å². The second kappa shape index (κ2) is 4.88. The van der Waals surface area contributed by atoms with Gasteiger partial charge in [-0.1, -0.05) is 11.6 Å². The van der Waals surface area contributed by atoms with Gasteiger partial charge in [0.25, 0.3) is 0 Å². The van der Waals surface area contributed by atoms with Crippen LogP contribution in [0.4, 0.5) is 5.69 Å². The number of thioether (sulfide) groups is 1. The monoisotopic (exact) mass is 256 g/mol. The minimum atomic E-state index is 0.693. The lowest BCUT2D eigenvalue weighted by Crippen LogP contribution is -1.85. The predicted octanol–water partition coefficient (Wildman–Crippen LogP) is 3.67. The molecule has 1 aromatic heterocycles. The average Bonchev–Trinajstić information content (AvgIpc) is 2.69. The predicted molar refractivity (Wildman–Crippen MR) is 67.5 cm³/mol. The van der Waals surface area contributed by atoms with Gasteiger partial charge in [-0.05, 0) is 18.2 Å². The van der Waals surface area contributed by atoms with Gasteiger partial charge < -0.3 is 5.73 Å². The number of nitrogens with zero attached hydrogens (tertiary/aromatic N) is 1. The van der Waals surface area contributed by atoms with Crippen molar-refractivity contribution in [1.82, 2.24) is 4.98 Å². The number of nitrogen functional groups attached to an aromatic ring is 1. The van der Waals surface area contributed by atoms with Crippen molar-refractivity contribution in [2.24, 2.45) is 0 Å². The molecule has 78 valence electrons. The molecule has 0 radical (unpaired) electrons. The first-order valence-corrected chi connectivity index (χ1v) is 6.56. The van der Waals surface area contributed by atoms with Gasteiger partial charge >= 0.3 is 0 Å². The zero-order chi connectivity index (χ0) is 10.7. The molecule has 5 heteroatoms. The van der Waals surface area contributed by atoms with E-state index in [0.29, 0.717) is 10.7 Å². The van der Waals surface area contributed by atoms with Crippen molar-refractivity contribution in [2.75, 3.05) is 5.73 Å². The van der Waals surface area contributed by atoms with Gasteiger partial charge in [0.1, 0.15) is 5.01 Å². The van der Waals surface area contributed by atoms with Crippen LogP contribution in [0, 0.1) is 0 Å². The SMILES string of the molecule is Nc1ccc(SCc2nccs2)c(Cl)c1. The van der Waals surface area contributed by atoms with E-state index in [9.17, 15) is 0 Å². The van der Waals surface area contributed by atoms with Crippen LogP contribution >= 0.6 is 34.7 Å². The molecule has 15 heavy (non-hydrogen) atoms. The van der Waals surface area contributed by atoms with Crippen molar-refractivity contribution in [2.45, 2.75) is 10.6 Å². The summed E-state index contributed by atoms with van der Waals surface area (Å²) in [4.78, 5) is 5.25. The van der Waals surface area contributed by atoms with E-state index in [2.05, 4.69) is 4.98 Å². The summed E-state index contributed by atoms with van der Waals surface area (Å²) in [6.45, 7) is 0. The van der Waals surface area contributed by atoms with Crippen LogP contribution in [0.3, 0.4) is 0 Å². The Balaban J connectivity index is 2.05. The summed E-state index contributed by atoms with van der Waals surface area (Å²) in [6, 6.07) is 5.57. The van der Waals surface area contributed by atoms with Gasteiger partial charge in [-0.3, -0.25) is 0 Å². The van der Waals surface area contributed by atoms with Gasteiger partial charge in [0.05, 0.1) is 10.8 Å². The molecular formula is C10H9ClN2S2. The summed E-state index contributed by atoms with van der Waals surface area (Å²) >= 11 is 9.38. The van der Waals surface area contributed by atoms with Crippen LogP contribution < -0.4 is 5.73 Å². The minimum Gasteiger partial charge on any atom is -0.399 e. The molecule has 2 rings (SSSR count). The van der Waals surface area contributed by atoms with Crippen molar-refractivity contribution in [1.29, 1.82) is 0 Å². The lowest BCUT2D eigenvalue weighted by molar-refractivity contribution is 1.26. The second-order valence-electron chi connectivity index (χ2n) is 2.90. The lowest BCUT2D eigenvalue weighted by Gasteiger charge is -2.03. The van der Waals surface area contributed by atoms with Crippen molar-refractivity contribution in [3.63, 3.8) is 0 Å². The van der Waals surface area contributed by atoms with E-state index in [0.717, 1.165) is 15.7 Å². The molecule has 0 aliphatic carbocycles. The van der Waals surface area contributed by atoms with Crippen molar-refractivity contribution in [3.05, 3.63) is 39.8 Å². The lowest BCUT2D eigenvalue weighted by atomic mass is 10.3. The van der Waals surface area contributed by atoms with E-state index < -0.39 is 0 Å². The van der Waals surface area contributed by atoms with Crippen LogP contribution in [-0.4, -0.2) is 4.98 Å². The molecule has 0 saturated heterocycles. The minimum absolute atomic E-state index is 0.693. The number of aromatic nitrogens is 1. The van der Waals surface area contributed by atoms with Gasteiger partial charge in [-0.25, -0.2) is 4.98 Å². The molecule has 0 spiro atoms. The van der Waals surface area contributed by atoms with E-state index in [1.165, 1.54) is 0 Å². The first kappa shape index (κ1) is 10.8. The van der Waals surface area contributed by atoms with E-state index in [1.54, 1.807) is 29.2 Å². The molecular weight excluding hydrogens is 248 g/mol. The van der Waals surface area contributed by atoms with Crippen LogP contribution in [0.15, 0.2) is 34.7 Å². The van der Waals surface area contributed by atoms with Crippen molar-refractivity contribution in [3.8, 4) is 0 Å². The summed E-state index contributed by atoms with van der Waals surface area (Å²) in [5.74, 6) is 0.849. The maximum absolute atomic E-state index is 6.05. The van der Waals surface area contributed by atoms with E-state index in [4.69, 9.17) is 17.3 Å². The maximum Gasteiger partial charge on any atom is 0.103 e. The van der Waals surface area contributed by atoms with Crippen molar-refractivity contribution < 1.29 is 0 Å². The Bertz CT molecular complexity index is 443. The highest BCUT2D eigenvalue weighted by Crippen LogP contribution is 2.31. The topological polar surface area (TPSA) is 38.9 Å². The standard InChI is InChI=1S/C10H9ClN2S2/c11-8-5-7(12)1-2-9(8)15-6-10-13-3-4-14-10/h1-5H,6,12H2. The summed E-state index contributed by atoms with van der Waals surface area (Å²) in [5, 5.41) is 3.78. The molecule has 2 nitrogen and oxygen atoms in total. The van der Waals surface area contributed by atoms with Crippen LogP contribution in [0.5, 0.6) is 0 Å². The number of hydrogen-bond donors (Lipinski definition) is 1. The zero-order valence-electron chi connectivity index (χ0n) is 7.81. The number of thiazole rings is 1. The third kappa shape index (κ3) is 2.87. The molecule has 0 aliphatic rings. The van der Waals surface area contributed by atoms with Crippen LogP contribution in [0.25, 0.3) is 0 Å². The Kier molecular flexibility index (Phi) is 3.51. The fraction of sp³-hybridized carbons (Fsp3) is 0.100. The Labute approximate surface area is 101 Å². The van der Waals surface area contributed by atoms with Crippen LogP contribution in [0.1, 0.15) is 5.01 Å². The fourth-order valence-corrected chi connectivity index (χ4v) is 3.01. The number of nitrogens with two attached hydrogens (primary N) is 1. The smallest absolute Gasteiger partial charge is 0.103 e. The van der Waals surface area contributed by atoms with Gasteiger partial charge in [0.15, 0.2) is 0 Å². The third-order valence-electron chi connectivity index (χ3n) is 1.79. The highest BCUT2D eigenvalue weighted by molar-refractivity contribution is 7.98. The summed E-state index contributed by atoms with van der Waals surface area (Å²) < 4.78 is 0. The van der Waals surface area contributed by atoms with E-state index in [-0.39, 0.29) is 0 Å². The zero-order valence-corrected chi connectivity index (χ0v) is 10.2. The molecule has 2 N–H and O–H groups in total. The molecule has 0 unspecified atom stereocenters. The molecule has 0 atom stereocenters. The summed E-state index contributed by atoms with van der Waals surface area (Å²) in [5.41, 5.74) is 6.31. The Morgan fingerprint density at radius 3 is 3.00 bits per heavy atom. The summed E-state index contributed by atoms with van der Waals surface area (Å²) in [6.07, 6.45) is 1.81. The van der Waals surface area contributed by atoms with E-state index in [1.807, 2.05) is 23.7 Å². The number of benzene rings is 1. The molecule has 0 bridgehead atoms. The third-order valence-corrected chi connectivity index (χ3v) is 4.26. The molecule has 0 aliphatic heterocycles. The Morgan fingerprint density at radius 1 is 1.47 bits per heavy atom. The Hall–Kier alpha value is -0.710. The highest BCUT2D eigenvalue weighted by atomic mass is 35.5. The number of rotatable bonds is 3. The molecule has 0 fully saturated rings. The Morgan fingerprint density at radius 2 is 2.33 bits per heavy atom. The second-order valence-corrected chi connectivity index (χ2v) is 5.31. The quantitative estimate of drug-likeness (QED) is 0.673. The molecule has 0 amide bonds. The van der Waals surface area contributed by atoms with Gasteiger partial charge in [0.2, 0.25) is 0 Å².